The number of benzene rings is 3. The molecule has 3 rings (SSSR count). The van der Waals surface area contributed by atoms with Gasteiger partial charge in [0.1, 0.15) is 0 Å². The van der Waals surface area contributed by atoms with E-state index in [0.29, 0.717) is 23.2 Å². The first kappa shape index (κ1) is 18.6. The van der Waals surface area contributed by atoms with Crippen LogP contribution in [-0.4, -0.2) is 18.7 Å². The third-order valence-electron chi connectivity index (χ3n) is 4.69. The fourth-order valence-corrected chi connectivity index (χ4v) is 3.21. The summed E-state index contributed by atoms with van der Waals surface area (Å²) in [6, 6.07) is 22.7. The lowest BCUT2D eigenvalue weighted by Gasteiger charge is -2.21. The van der Waals surface area contributed by atoms with Crippen LogP contribution in [-0.2, 0) is 6.42 Å². The minimum atomic E-state index is -0.121. The molecule has 0 aromatic heterocycles. The maximum atomic E-state index is 13.0. The first-order valence-corrected chi connectivity index (χ1v) is 8.99. The molecule has 0 aliphatic rings. The number of carbonyl (C=O) groups is 2. The van der Waals surface area contributed by atoms with Gasteiger partial charge in [0.15, 0.2) is 5.78 Å². The van der Waals surface area contributed by atoms with E-state index in [1.807, 2.05) is 80.6 Å². The summed E-state index contributed by atoms with van der Waals surface area (Å²) in [5, 5.41) is 0. The number of nitrogens with zero attached hydrogens (tertiary/aromatic N) is 1. The molecule has 0 spiro atoms. The number of hydrogen-bond acceptors (Lipinski definition) is 2. The van der Waals surface area contributed by atoms with E-state index in [4.69, 9.17) is 0 Å². The van der Waals surface area contributed by atoms with E-state index in [-0.39, 0.29) is 11.7 Å². The zero-order chi connectivity index (χ0) is 19.4. The van der Waals surface area contributed by atoms with Crippen LogP contribution in [0, 0.1) is 13.8 Å². The van der Waals surface area contributed by atoms with Gasteiger partial charge in [-0.15, -0.1) is 0 Å². The zero-order valence-corrected chi connectivity index (χ0v) is 15.9. The van der Waals surface area contributed by atoms with Gasteiger partial charge in [0.05, 0.1) is 5.69 Å². The lowest BCUT2D eigenvalue weighted by molar-refractivity contribution is 0.0991. The van der Waals surface area contributed by atoms with Crippen LogP contribution in [0.1, 0.15) is 37.4 Å². The number of Topliss-reactive ketones (excluding diaryl/α,β-unsaturated/α-hetero) is 1. The molecular weight excluding hydrogens is 334 g/mol. The fourth-order valence-electron chi connectivity index (χ4n) is 3.21. The highest BCUT2D eigenvalue weighted by Crippen LogP contribution is 2.24. The molecule has 0 heterocycles. The van der Waals surface area contributed by atoms with Gasteiger partial charge < -0.3 is 4.90 Å². The predicted molar refractivity (Wildman–Crippen MR) is 110 cm³/mol. The van der Waals surface area contributed by atoms with Crippen molar-refractivity contribution in [2.75, 3.05) is 11.9 Å². The fraction of sp³-hybridized carbons (Fsp3) is 0.167. The normalized spacial score (nSPS) is 10.5. The van der Waals surface area contributed by atoms with Crippen molar-refractivity contribution in [1.82, 2.24) is 0 Å². The molecule has 0 bridgehead atoms. The van der Waals surface area contributed by atoms with Crippen molar-refractivity contribution >= 4 is 17.4 Å². The Balaban J connectivity index is 1.90. The Morgan fingerprint density at radius 3 is 2.19 bits per heavy atom. The molecule has 0 atom stereocenters. The molecule has 0 aliphatic heterocycles. The summed E-state index contributed by atoms with van der Waals surface area (Å²) < 4.78 is 0. The Morgan fingerprint density at radius 1 is 0.815 bits per heavy atom. The number of para-hydroxylation sites is 1. The second-order valence-electron chi connectivity index (χ2n) is 6.79. The molecule has 0 N–H and O–H groups in total. The van der Waals surface area contributed by atoms with Crippen molar-refractivity contribution < 1.29 is 9.59 Å². The van der Waals surface area contributed by atoms with Crippen LogP contribution in [0.5, 0.6) is 0 Å². The number of ketones is 1. The Labute approximate surface area is 160 Å². The van der Waals surface area contributed by atoms with E-state index in [1.54, 1.807) is 18.0 Å². The van der Waals surface area contributed by atoms with Gasteiger partial charge in [0, 0.05) is 24.6 Å². The molecule has 3 heteroatoms. The number of anilines is 1. The minimum absolute atomic E-state index is 0.000587. The number of amides is 1. The van der Waals surface area contributed by atoms with Gasteiger partial charge in [-0.25, -0.2) is 0 Å². The monoisotopic (exact) mass is 357 g/mol. The molecule has 0 fully saturated rings. The van der Waals surface area contributed by atoms with Crippen LogP contribution in [0.2, 0.25) is 0 Å². The highest BCUT2D eigenvalue weighted by atomic mass is 16.2. The molecule has 3 aromatic rings. The summed E-state index contributed by atoms with van der Waals surface area (Å²) in [7, 11) is 1.72. The summed E-state index contributed by atoms with van der Waals surface area (Å²) in [6.45, 7) is 3.92. The topological polar surface area (TPSA) is 37.4 Å². The lowest BCUT2D eigenvalue weighted by Crippen LogP contribution is -2.28. The number of carbonyl (C=O) groups excluding carboxylic acids is 2. The largest absolute Gasteiger partial charge is 0.311 e. The molecule has 1 amide bonds. The van der Waals surface area contributed by atoms with E-state index in [1.165, 1.54) is 0 Å². The van der Waals surface area contributed by atoms with E-state index < -0.39 is 0 Å². The smallest absolute Gasteiger partial charge is 0.258 e. The predicted octanol–water partition coefficient (Wildman–Crippen LogP) is 5.01. The SMILES string of the molecule is Cc1cccc(CC(=O)c2ccccc2N(C)C(=O)c2ccccc2C)c1. The Bertz CT molecular complexity index is 991. The first-order chi connectivity index (χ1) is 13.0. The molecule has 0 radical (unpaired) electrons. The second kappa shape index (κ2) is 8.00. The average Bonchev–Trinajstić information content (AvgIpc) is 2.67. The number of aryl methyl sites for hydroxylation is 2. The molecule has 136 valence electrons. The second-order valence-corrected chi connectivity index (χ2v) is 6.79. The Hall–Kier alpha value is -3.20. The van der Waals surface area contributed by atoms with Crippen LogP contribution >= 0.6 is 0 Å². The summed E-state index contributed by atoms with van der Waals surface area (Å²) in [5.41, 5.74) is 4.84. The van der Waals surface area contributed by atoms with E-state index in [9.17, 15) is 9.59 Å². The summed E-state index contributed by atoms with van der Waals surface area (Å²) >= 11 is 0. The Morgan fingerprint density at radius 2 is 1.48 bits per heavy atom. The first-order valence-electron chi connectivity index (χ1n) is 8.99. The van der Waals surface area contributed by atoms with Gasteiger partial charge in [-0.3, -0.25) is 9.59 Å². The number of hydrogen-bond donors (Lipinski definition) is 0. The molecular formula is C24H23NO2. The Kier molecular flexibility index (Phi) is 5.51. The van der Waals surface area contributed by atoms with Crippen molar-refractivity contribution in [2.45, 2.75) is 20.3 Å². The maximum absolute atomic E-state index is 13.0. The average molecular weight is 357 g/mol. The molecule has 3 nitrogen and oxygen atoms in total. The van der Waals surface area contributed by atoms with Crippen LogP contribution in [0.25, 0.3) is 0 Å². The summed E-state index contributed by atoms with van der Waals surface area (Å²) in [4.78, 5) is 27.5. The van der Waals surface area contributed by atoms with Crippen molar-refractivity contribution in [3.05, 3.63) is 101 Å². The highest BCUT2D eigenvalue weighted by Gasteiger charge is 2.20. The lowest BCUT2D eigenvalue weighted by atomic mass is 9.99. The van der Waals surface area contributed by atoms with Gasteiger partial charge in [-0.2, -0.15) is 0 Å². The standard InChI is InChI=1S/C24H23NO2/c1-17-9-8-11-19(15-17)16-23(26)21-13-6-7-14-22(21)25(3)24(27)20-12-5-4-10-18(20)2/h4-15H,16H2,1-3H3. The molecule has 0 saturated carbocycles. The van der Waals surface area contributed by atoms with Crippen molar-refractivity contribution in [3.63, 3.8) is 0 Å². The van der Waals surface area contributed by atoms with Gasteiger partial charge in [-0.05, 0) is 43.2 Å². The summed E-state index contributed by atoms with van der Waals surface area (Å²) in [5.74, 6) is -0.121. The zero-order valence-electron chi connectivity index (χ0n) is 15.9. The van der Waals surface area contributed by atoms with E-state index in [0.717, 1.165) is 16.7 Å². The molecule has 0 aliphatic carbocycles. The molecule has 27 heavy (non-hydrogen) atoms. The van der Waals surface area contributed by atoms with Crippen molar-refractivity contribution in [2.24, 2.45) is 0 Å². The van der Waals surface area contributed by atoms with Crippen LogP contribution < -0.4 is 4.90 Å². The van der Waals surface area contributed by atoms with E-state index in [2.05, 4.69) is 0 Å². The van der Waals surface area contributed by atoms with Gasteiger partial charge in [-0.1, -0.05) is 60.2 Å². The molecule has 3 aromatic carbocycles. The minimum Gasteiger partial charge on any atom is -0.311 e. The quantitative estimate of drug-likeness (QED) is 0.602. The van der Waals surface area contributed by atoms with Gasteiger partial charge in [0.2, 0.25) is 0 Å². The van der Waals surface area contributed by atoms with Crippen LogP contribution in [0.3, 0.4) is 0 Å². The molecule has 0 unspecified atom stereocenters. The van der Waals surface area contributed by atoms with Crippen LogP contribution in [0.4, 0.5) is 5.69 Å². The number of rotatable bonds is 5. The van der Waals surface area contributed by atoms with Crippen molar-refractivity contribution in [1.29, 1.82) is 0 Å². The summed E-state index contributed by atoms with van der Waals surface area (Å²) in [6.07, 6.45) is 0.311. The molecule has 0 saturated heterocycles. The van der Waals surface area contributed by atoms with Crippen LogP contribution in [0.15, 0.2) is 72.8 Å². The highest BCUT2D eigenvalue weighted by molar-refractivity contribution is 6.11. The van der Waals surface area contributed by atoms with Gasteiger partial charge >= 0.3 is 0 Å². The van der Waals surface area contributed by atoms with E-state index >= 15 is 0 Å². The third-order valence-corrected chi connectivity index (χ3v) is 4.69. The van der Waals surface area contributed by atoms with Crippen molar-refractivity contribution in [3.8, 4) is 0 Å². The van der Waals surface area contributed by atoms with Gasteiger partial charge in [0.25, 0.3) is 5.91 Å². The maximum Gasteiger partial charge on any atom is 0.258 e. The third kappa shape index (κ3) is 4.14.